The van der Waals surface area contributed by atoms with Gasteiger partial charge in [0.1, 0.15) is 6.10 Å². The number of hydrogen-bond acceptors (Lipinski definition) is 3. The molecule has 4 nitrogen and oxygen atoms in total. The predicted octanol–water partition coefficient (Wildman–Crippen LogP) is 8.49. The average molecular weight is 461 g/mol. The molecule has 1 N–H and O–H groups in total. The zero-order chi connectivity index (χ0) is 24.4. The number of aliphatic carboxylic acids is 1. The van der Waals surface area contributed by atoms with E-state index in [-0.39, 0.29) is 18.5 Å². The van der Waals surface area contributed by atoms with E-state index in [1.807, 2.05) is 6.08 Å². The summed E-state index contributed by atoms with van der Waals surface area (Å²) in [5.74, 6) is -0.840. The van der Waals surface area contributed by atoms with Crippen molar-refractivity contribution in [3.8, 4) is 0 Å². The lowest BCUT2D eigenvalue weighted by atomic mass is 10.1. The van der Waals surface area contributed by atoms with Gasteiger partial charge in [-0.15, -0.1) is 0 Å². The first kappa shape index (κ1) is 30.9. The number of ether oxygens (including phenoxy) is 1. The van der Waals surface area contributed by atoms with E-state index in [9.17, 15) is 9.59 Å². The number of carbonyl (C=O) groups excluding carboxylic acids is 1. The van der Waals surface area contributed by atoms with Crippen molar-refractivity contribution in [3.63, 3.8) is 0 Å². The largest absolute Gasteiger partial charge is 0.481 e. The van der Waals surface area contributed by atoms with E-state index in [0.717, 1.165) is 83.5 Å². The third-order valence-electron chi connectivity index (χ3n) is 5.25. The van der Waals surface area contributed by atoms with Gasteiger partial charge in [0.15, 0.2) is 0 Å². The van der Waals surface area contributed by atoms with Crippen molar-refractivity contribution in [3.05, 3.63) is 48.6 Å². The summed E-state index contributed by atoms with van der Waals surface area (Å²) in [4.78, 5) is 22.8. The van der Waals surface area contributed by atoms with Crippen molar-refractivity contribution >= 4 is 11.9 Å². The number of unbranched alkanes of at least 4 members (excludes halogenated alkanes) is 7. The topological polar surface area (TPSA) is 63.6 Å². The van der Waals surface area contributed by atoms with Gasteiger partial charge in [0, 0.05) is 12.8 Å². The Kier molecular flexibility index (Phi) is 23.0. The van der Waals surface area contributed by atoms with Crippen LogP contribution in [0, 0.1) is 0 Å². The third-order valence-corrected chi connectivity index (χ3v) is 5.25. The highest BCUT2D eigenvalue weighted by molar-refractivity contribution is 5.69. The van der Waals surface area contributed by atoms with Gasteiger partial charge in [-0.3, -0.25) is 9.59 Å². The maximum atomic E-state index is 12.2. The van der Waals surface area contributed by atoms with E-state index in [2.05, 4.69) is 56.4 Å². The first-order valence-electron chi connectivity index (χ1n) is 13.1. The molecule has 0 aromatic heterocycles. The molecule has 0 heterocycles. The van der Waals surface area contributed by atoms with Crippen LogP contribution in [-0.2, 0) is 14.3 Å². The van der Waals surface area contributed by atoms with E-state index in [1.54, 1.807) is 0 Å². The van der Waals surface area contributed by atoms with Gasteiger partial charge in [-0.25, -0.2) is 0 Å². The smallest absolute Gasteiger partial charge is 0.306 e. The second-order valence-corrected chi connectivity index (χ2v) is 8.48. The maximum Gasteiger partial charge on any atom is 0.306 e. The molecule has 0 rings (SSSR count). The Balaban J connectivity index is 3.95. The SMILES string of the molecule is CC/C=C\C/C=C\C/C=C\CCCCCC(=O)OC(/C=C\CCC)CCCCCCC(=O)O. The number of carboxylic acid groups (broad SMARTS) is 1. The molecule has 0 radical (unpaired) electrons. The molecule has 0 aliphatic rings. The lowest BCUT2D eigenvalue weighted by Crippen LogP contribution is -2.16. The minimum Gasteiger partial charge on any atom is -0.481 e. The summed E-state index contributed by atoms with van der Waals surface area (Å²) in [6.07, 6.45) is 31.5. The second kappa shape index (κ2) is 24.5. The highest BCUT2D eigenvalue weighted by Gasteiger charge is 2.11. The van der Waals surface area contributed by atoms with E-state index in [0.29, 0.717) is 12.8 Å². The molecule has 0 spiro atoms. The Hall–Kier alpha value is -2.10. The summed E-state index contributed by atoms with van der Waals surface area (Å²) >= 11 is 0. The van der Waals surface area contributed by atoms with Gasteiger partial charge >= 0.3 is 11.9 Å². The van der Waals surface area contributed by atoms with Gasteiger partial charge in [-0.1, -0.05) is 82.1 Å². The number of rotatable bonds is 22. The molecule has 0 bridgehead atoms. The van der Waals surface area contributed by atoms with Crippen LogP contribution in [-0.4, -0.2) is 23.1 Å². The second-order valence-electron chi connectivity index (χ2n) is 8.48. The summed E-state index contributed by atoms with van der Waals surface area (Å²) in [6, 6.07) is 0. The highest BCUT2D eigenvalue weighted by Crippen LogP contribution is 2.13. The standard InChI is InChI=1S/C29H48O4/c1-3-5-7-8-9-10-11-12-13-14-15-16-22-26-29(32)33-27(23-19-6-4-2)24-20-17-18-21-25-28(30)31/h5,7,9-10,12-13,19,23,27H,3-4,6,8,11,14-18,20-22,24-26H2,1-2H3,(H,30,31)/b7-5-,10-9-,13-12-,23-19-. The molecular formula is C29H48O4. The molecule has 188 valence electrons. The van der Waals surface area contributed by atoms with Crippen molar-refractivity contribution in [1.29, 1.82) is 0 Å². The summed E-state index contributed by atoms with van der Waals surface area (Å²) < 4.78 is 5.70. The Bertz CT molecular complexity index is 586. The van der Waals surface area contributed by atoms with Crippen molar-refractivity contribution in [2.24, 2.45) is 0 Å². The number of carboxylic acids is 1. The fraction of sp³-hybridized carbons (Fsp3) is 0.655. The molecule has 0 aliphatic heterocycles. The Morgan fingerprint density at radius 2 is 1.36 bits per heavy atom. The number of allylic oxidation sites excluding steroid dienone is 7. The van der Waals surface area contributed by atoms with E-state index in [4.69, 9.17) is 9.84 Å². The van der Waals surface area contributed by atoms with Crippen molar-refractivity contribution in [2.45, 2.75) is 123 Å². The van der Waals surface area contributed by atoms with Gasteiger partial charge in [-0.2, -0.15) is 0 Å². The molecule has 1 atom stereocenters. The molecule has 0 amide bonds. The van der Waals surface area contributed by atoms with Gasteiger partial charge in [-0.05, 0) is 70.3 Å². The third kappa shape index (κ3) is 24.4. The lowest BCUT2D eigenvalue weighted by molar-refractivity contribution is -0.147. The molecule has 0 aromatic carbocycles. The van der Waals surface area contributed by atoms with Crippen molar-refractivity contribution in [1.82, 2.24) is 0 Å². The summed E-state index contributed by atoms with van der Waals surface area (Å²) in [5.41, 5.74) is 0. The highest BCUT2D eigenvalue weighted by atomic mass is 16.5. The van der Waals surface area contributed by atoms with Gasteiger partial charge in [0.25, 0.3) is 0 Å². The summed E-state index contributed by atoms with van der Waals surface area (Å²) in [7, 11) is 0. The van der Waals surface area contributed by atoms with Crippen LogP contribution in [0.25, 0.3) is 0 Å². The summed E-state index contributed by atoms with van der Waals surface area (Å²) in [6.45, 7) is 4.28. The molecular weight excluding hydrogens is 412 g/mol. The zero-order valence-corrected chi connectivity index (χ0v) is 21.2. The molecule has 0 aromatic rings. The predicted molar refractivity (Wildman–Crippen MR) is 139 cm³/mol. The average Bonchev–Trinajstić information content (AvgIpc) is 2.79. The molecule has 1 unspecified atom stereocenters. The van der Waals surface area contributed by atoms with E-state index < -0.39 is 5.97 Å². The van der Waals surface area contributed by atoms with Crippen LogP contribution in [0.4, 0.5) is 0 Å². The number of hydrogen-bond donors (Lipinski definition) is 1. The van der Waals surface area contributed by atoms with Crippen LogP contribution in [0.5, 0.6) is 0 Å². The van der Waals surface area contributed by atoms with Crippen molar-refractivity contribution < 1.29 is 19.4 Å². The molecule has 0 aliphatic carbocycles. The molecule has 0 saturated carbocycles. The quantitative estimate of drug-likeness (QED) is 0.0999. The Morgan fingerprint density at radius 1 is 0.727 bits per heavy atom. The molecule has 33 heavy (non-hydrogen) atoms. The van der Waals surface area contributed by atoms with Crippen LogP contribution >= 0.6 is 0 Å². The van der Waals surface area contributed by atoms with Crippen LogP contribution in [0.15, 0.2) is 48.6 Å². The number of esters is 1. The first-order valence-corrected chi connectivity index (χ1v) is 13.1. The van der Waals surface area contributed by atoms with E-state index >= 15 is 0 Å². The summed E-state index contributed by atoms with van der Waals surface area (Å²) in [5, 5.41) is 8.70. The minimum atomic E-state index is -0.733. The van der Waals surface area contributed by atoms with Gasteiger partial charge < -0.3 is 9.84 Å². The van der Waals surface area contributed by atoms with Gasteiger partial charge in [0.05, 0.1) is 0 Å². The Morgan fingerprint density at radius 3 is 2.06 bits per heavy atom. The molecule has 0 saturated heterocycles. The van der Waals surface area contributed by atoms with Gasteiger partial charge in [0.2, 0.25) is 0 Å². The van der Waals surface area contributed by atoms with Crippen LogP contribution in [0.1, 0.15) is 117 Å². The lowest BCUT2D eigenvalue weighted by Gasteiger charge is -2.14. The number of carbonyl (C=O) groups is 2. The molecule has 4 heteroatoms. The fourth-order valence-electron chi connectivity index (χ4n) is 3.35. The zero-order valence-electron chi connectivity index (χ0n) is 21.2. The first-order chi connectivity index (χ1) is 16.1. The minimum absolute atomic E-state index is 0.107. The van der Waals surface area contributed by atoms with Crippen LogP contribution < -0.4 is 0 Å². The van der Waals surface area contributed by atoms with E-state index in [1.165, 1.54) is 0 Å². The van der Waals surface area contributed by atoms with Crippen LogP contribution in [0.2, 0.25) is 0 Å². The normalized spacial score (nSPS) is 13.0. The molecule has 0 fully saturated rings. The van der Waals surface area contributed by atoms with Crippen molar-refractivity contribution in [2.75, 3.05) is 0 Å². The maximum absolute atomic E-state index is 12.2. The van der Waals surface area contributed by atoms with Crippen LogP contribution in [0.3, 0.4) is 0 Å². The monoisotopic (exact) mass is 460 g/mol. The Labute approximate surface area is 202 Å². The fourth-order valence-corrected chi connectivity index (χ4v) is 3.35.